The summed E-state index contributed by atoms with van der Waals surface area (Å²) in [5.41, 5.74) is 0. The van der Waals surface area contributed by atoms with Crippen molar-refractivity contribution >= 4 is 78.5 Å². The second-order valence-electron chi connectivity index (χ2n) is 25.4. The van der Waals surface area contributed by atoms with Crippen molar-refractivity contribution in [2.75, 3.05) is 23.0 Å². The van der Waals surface area contributed by atoms with Crippen LogP contribution in [-0.2, 0) is 43.1 Å². The van der Waals surface area contributed by atoms with Gasteiger partial charge in [-0.3, -0.25) is 0 Å². The van der Waals surface area contributed by atoms with Crippen LogP contribution in [-0.4, -0.2) is 23.0 Å². The van der Waals surface area contributed by atoms with Crippen molar-refractivity contribution in [3.8, 4) is 0 Å². The Kier molecular flexibility index (Phi) is 86.6. The Labute approximate surface area is 564 Å². The van der Waals surface area contributed by atoms with Crippen LogP contribution >= 0.6 is 54.9 Å². The minimum absolute atomic E-state index is 0. The molecule has 0 bridgehead atoms. The van der Waals surface area contributed by atoms with Gasteiger partial charge in [0, 0.05) is 0 Å². The third kappa shape index (κ3) is 85.2. The van der Waals surface area contributed by atoms with E-state index >= 15 is 0 Å². The van der Waals surface area contributed by atoms with E-state index in [1.807, 2.05) is 0 Å². The molecule has 0 saturated carbocycles. The summed E-state index contributed by atoms with van der Waals surface area (Å²) in [7, 11) is 0. The van der Waals surface area contributed by atoms with Gasteiger partial charge in [-0.2, -0.15) is 0 Å². The van der Waals surface area contributed by atoms with E-state index in [9.17, 15) is 9.79 Å². The molecular formula is C72H148O2P2S6Zn. The number of hydrogen-bond acceptors (Lipinski definition) is 8. The van der Waals surface area contributed by atoms with Gasteiger partial charge in [0.05, 0.1) is 0 Å². The van der Waals surface area contributed by atoms with E-state index in [2.05, 4.69) is 27.7 Å². The molecule has 0 rings (SSSR count). The van der Waals surface area contributed by atoms with Crippen molar-refractivity contribution in [2.45, 2.75) is 439 Å². The molecule has 0 atom stereocenters. The predicted octanol–water partition coefficient (Wildman–Crippen LogP) is 29.1. The van der Waals surface area contributed by atoms with Gasteiger partial charge in [0.1, 0.15) is 0 Å². The largest absolute Gasteiger partial charge is 2.00 e. The molecule has 2 nitrogen and oxygen atoms in total. The minimum atomic E-state index is -2.46. The van der Waals surface area contributed by atoms with Crippen LogP contribution in [0, 0.1) is 0 Å². The molecule has 83 heavy (non-hydrogen) atoms. The fraction of sp³-hybridized carbons (Fsp3) is 1.00. The Hall–Kier alpha value is 3.24. The fourth-order valence-electron chi connectivity index (χ4n) is 11.4. The standard InChI is InChI=1S/2C36H75OPS3.Zn/c2*1-3-5-7-9-11-13-15-17-19-21-23-25-27-29-31-33-35-40-38(37,39)41-36-34-32-30-28-26-24-22-20-18-16-14-12-10-8-6-4-2;/h2*3-36H2,1-2H3,(H,37,39);/q;;+2/p-2. The summed E-state index contributed by atoms with van der Waals surface area (Å²) in [6, 6.07) is 0. The van der Waals surface area contributed by atoms with E-state index in [1.54, 1.807) is 45.5 Å². The van der Waals surface area contributed by atoms with Crippen molar-refractivity contribution in [1.29, 1.82) is 0 Å². The molecule has 0 unspecified atom stereocenters. The van der Waals surface area contributed by atoms with Gasteiger partial charge in [0.15, 0.2) is 0 Å². The van der Waals surface area contributed by atoms with Crippen LogP contribution in [0.2, 0.25) is 0 Å². The molecule has 0 heterocycles. The molecule has 0 N–H and O–H groups in total. The van der Waals surface area contributed by atoms with Crippen LogP contribution in [0.4, 0.5) is 0 Å². The molecule has 0 aliphatic heterocycles. The summed E-state index contributed by atoms with van der Waals surface area (Å²) in [6.07, 6.45) is 89.5. The van der Waals surface area contributed by atoms with Crippen LogP contribution in [0.3, 0.4) is 0 Å². The van der Waals surface area contributed by atoms with Gasteiger partial charge < -0.3 is 9.79 Å². The van der Waals surface area contributed by atoms with E-state index < -0.39 is 9.34 Å². The van der Waals surface area contributed by atoms with E-state index in [1.165, 1.54) is 411 Å². The molecule has 0 aromatic heterocycles. The minimum Gasteiger partial charge on any atom is -0.806 e. The van der Waals surface area contributed by atoms with Gasteiger partial charge >= 0.3 is 19.5 Å². The summed E-state index contributed by atoms with van der Waals surface area (Å²) in [5, 5.41) is 0. The first-order chi connectivity index (χ1) is 40.2. The summed E-state index contributed by atoms with van der Waals surface area (Å²) >= 11 is 17.2. The van der Waals surface area contributed by atoms with Gasteiger partial charge in [-0.15, -0.1) is 45.5 Å². The molecule has 0 spiro atoms. The first-order valence-electron chi connectivity index (χ1n) is 37.4. The van der Waals surface area contributed by atoms with E-state index in [0.29, 0.717) is 0 Å². The van der Waals surface area contributed by atoms with Crippen LogP contribution in [0.15, 0.2) is 0 Å². The van der Waals surface area contributed by atoms with E-state index in [4.69, 9.17) is 23.6 Å². The zero-order valence-electron chi connectivity index (χ0n) is 57.0. The molecule has 496 valence electrons. The Morgan fingerprint density at radius 3 is 0.361 bits per heavy atom. The zero-order chi connectivity index (χ0) is 59.9. The SMILES string of the molecule is CCCCCCCCCCCCCCCCCCSP([O-])(=S)SCCCCCCCCCCCCCCCCCC.CCCCCCCCCCCCCCCCCCSP([O-])(=S)SCCCCCCCCCCCCCCCCCC.[Zn+2]. The Morgan fingerprint density at radius 1 is 0.181 bits per heavy atom. The molecule has 0 aromatic rings. The second kappa shape index (κ2) is 79.5. The first-order valence-corrected chi connectivity index (χ1v) is 49.2. The molecule has 0 fully saturated rings. The average Bonchev–Trinajstić information content (AvgIpc) is 3.46. The maximum atomic E-state index is 12.7. The van der Waals surface area contributed by atoms with Crippen molar-refractivity contribution in [2.24, 2.45) is 0 Å². The molecule has 0 aliphatic rings. The zero-order valence-corrected chi connectivity index (χ0v) is 66.6. The van der Waals surface area contributed by atoms with Gasteiger partial charge in [-0.1, -0.05) is 437 Å². The molecular weight excluding hydrogens is 1220 g/mol. The van der Waals surface area contributed by atoms with Crippen LogP contribution in [0.1, 0.15) is 439 Å². The molecule has 11 heteroatoms. The number of rotatable bonds is 72. The molecule has 0 aliphatic carbocycles. The Balaban J connectivity index is -0.00000152. The predicted molar refractivity (Wildman–Crippen MR) is 397 cm³/mol. The van der Waals surface area contributed by atoms with E-state index in [-0.39, 0.29) is 19.5 Å². The van der Waals surface area contributed by atoms with Gasteiger partial charge in [-0.25, -0.2) is 0 Å². The topological polar surface area (TPSA) is 46.1 Å². The van der Waals surface area contributed by atoms with Gasteiger partial charge in [-0.05, 0) is 58.0 Å². The summed E-state index contributed by atoms with van der Waals surface area (Å²) in [6.45, 7) is 9.18. The molecule has 0 amide bonds. The Morgan fingerprint density at radius 2 is 0.265 bits per heavy atom. The fourth-order valence-corrected chi connectivity index (χ4v) is 25.1. The summed E-state index contributed by atoms with van der Waals surface area (Å²) < 4.78 is -4.91. The maximum Gasteiger partial charge on any atom is 2.00 e. The summed E-state index contributed by atoms with van der Waals surface area (Å²) in [5.74, 6) is 3.97. The van der Waals surface area contributed by atoms with Crippen molar-refractivity contribution in [3.05, 3.63) is 0 Å². The molecule has 0 aromatic carbocycles. The van der Waals surface area contributed by atoms with Crippen LogP contribution < -0.4 is 9.79 Å². The van der Waals surface area contributed by atoms with Gasteiger partial charge in [0.2, 0.25) is 0 Å². The number of hydrogen-bond donors (Lipinski definition) is 0. The normalized spacial score (nSPS) is 11.8. The van der Waals surface area contributed by atoms with E-state index in [0.717, 1.165) is 23.0 Å². The van der Waals surface area contributed by atoms with Crippen LogP contribution in [0.5, 0.6) is 0 Å². The van der Waals surface area contributed by atoms with Crippen molar-refractivity contribution < 1.29 is 29.3 Å². The number of unbranched alkanes of at least 4 members (excludes halogenated alkanes) is 60. The monoisotopic (exact) mass is 1360 g/mol. The quantitative estimate of drug-likeness (QED) is 0.0339. The third-order valence-electron chi connectivity index (χ3n) is 17.0. The van der Waals surface area contributed by atoms with Crippen molar-refractivity contribution in [1.82, 2.24) is 0 Å². The third-order valence-corrected chi connectivity index (χ3v) is 33.7. The average molecular weight is 1370 g/mol. The summed E-state index contributed by atoms with van der Waals surface area (Å²) in [4.78, 5) is 25.4. The van der Waals surface area contributed by atoms with Crippen molar-refractivity contribution in [3.63, 3.8) is 0 Å². The molecule has 0 saturated heterocycles. The smallest absolute Gasteiger partial charge is 0.806 e. The van der Waals surface area contributed by atoms with Crippen LogP contribution in [0.25, 0.3) is 0 Å². The van der Waals surface area contributed by atoms with Gasteiger partial charge in [0.25, 0.3) is 0 Å². The second-order valence-corrected chi connectivity index (χ2v) is 46.4. The molecule has 0 radical (unpaired) electrons. The maximum absolute atomic E-state index is 12.7. The first kappa shape index (κ1) is 90.4. The Bertz CT molecular complexity index is 1080.